The van der Waals surface area contributed by atoms with Crippen LogP contribution in [-0.4, -0.2) is 30.5 Å². The van der Waals surface area contributed by atoms with Gasteiger partial charge in [0.1, 0.15) is 5.75 Å². The molecule has 2 amide bonds. The molecule has 118 valence electrons. The molecule has 1 heterocycles. The van der Waals surface area contributed by atoms with Gasteiger partial charge in [-0.15, -0.1) is 0 Å². The molecule has 0 radical (unpaired) electrons. The Balaban J connectivity index is 1.64. The number of benzene rings is 1. The van der Waals surface area contributed by atoms with Gasteiger partial charge in [-0.25, -0.2) is 0 Å². The van der Waals surface area contributed by atoms with Gasteiger partial charge in [0.2, 0.25) is 11.8 Å². The van der Waals surface area contributed by atoms with Crippen molar-refractivity contribution in [3.05, 3.63) is 24.3 Å². The van der Waals surface area contributed by atoms with Crippen molar-refractivity contribution in [3.63, 3.8) is 0 Å². The van der Waals surface area contributed by atoms with Crippen molar-refractivity contribution in [3.8, 4) is 5.75 Å². The third kappa shape index (κ3) is 3.40. The van der Waals surface area contributed by atoms with Crippen LogP contribution < -0.4 is 15.0 Å². The number of hydrogen-bond acceptors (Lipinski definition) is 3. The van der Waals surface area contributed by atoms with Crippen LogP contribution in [0.5, 0.6) is 5.75 Å². The van der Waals surface area contributed by atoms with Crippen LogP contribution in [0.3, 0.4) is 0 Å². The molecule has 2 aliphatic rings. The smallest absolute Gasteiger partial charge is 0.227 e. The van der Waals surface area contributed by atoms with Gasteiger partial charge in [0.25, 0.3) is 0 Å². The Morgan fingerprint density at radius 1 is 1.27 bits per heavy atom. The summed E-state index contributed by atoms with van der Waals surface area (Å²) in [6, 6.07) is 7.80. The van der Waals surface area contributed by atoms with E-state index in [9.17, 15) is 9.59 Å². The zero-order valence-corrected chi connectivity index (χ0v) is 13.0. The predicted octanol–water partition coefficient (Wildman–Crippen LogP) is 2.11. The molecule has 1 atom stereocenters. The summed E-state index contributed by atoms with van der Waals surface area (Å²) in [5, 5.41) is 2.98. The molecule has 1 N–H and O–H groups in total. The highest BCUT2D eigenvalue weighted by molar-refractivity contribution is 6.00. The lowest BCUT2D eigenvalue weighted by Gasteiger charge is -2.17. The van der Waals surface area contributed by atoms with Crippen LogP contribution in [0, 0.1) is 5.92 Å². The molecule has 0 bridgehead atoms. The van der Waals surface area contributed by atoms with Crippen molar-refractivity contribution in [1.82, 2.24) is 5.32 Å². The van der Waals surface area contributed by atoms with Crippen LogP contribution in [0.15, 0.2) is 24.3 Å². The average molecular weight is 302 g/mol. The van der Waals surface area contributed by atoms with Crippen LogP contribution in [0.4, 0.5) is 5.69 Å². The zero-order valence-electron chi connectivity index (χ0n) is 13.0. The Bertz CT molecular complexity index is 564. The Morgan fingerprint density at radius 2 is 1.95 bits per heavy atom. The summed E-state index contributed by atoms with van der Waals surface area (Å²) in [4.78, 5) is 25.9. The van der Waals surface area contributed by atoms with Crippen molar-refractivity contribution in [1.29, 1.82) is 0 Å². The molecule has 0 unspecified atom stereocenters. The Kier molecular flexibility index (Phi) is 4.05. The van der Waals surface area contributed by atoms with Crippen molar-refractivity contribution < 1.29 is 14.3 Å². The van der Waals surface area contributed by atoms with Crippen LogP contribution >= 0.6 is 0 Å². The molecule has 1 saturated heterocycles. The molecule has 1 saturated carbocycles. The van der Waals surface area contributed by atoms with Gasteiger partial charge in [0.05, 0.1) is 12.0 Å². The van der Waals surface area contributed by atoms with E-state index >= 15 is 0 Å². The summed E-state index contributed by atoms with van der Waals surface area (Å²) in [5.74, 6) is 0.569. The second kappa shape index (κ2) is 5.99. The Morgan fingerprint density at radius 3 is 2.55 bits per heavy atom. The Hall–Kier alpha value is -2.04. The maximum Gasteiger partial charge on any atom is 0.227 e. The summed E-state index contributed by atoms with van der Waals surface area (Å²) < 4.78 is 5.60. The molecule has 0 aromatic heterocycles. The minimum atomic E-state index is -0.236. The highest BCUT2D eigenvalue weighted by Crippen LogP contribution is 2.28. The summed E-state index contributed by atoms with van der Waals surface area (Å²) in [6.45, 7) is 4.41. The van der Waals surface area contributed by atoms with Gasteiger partial charge in [-0.05, 0) is 51.0 Å². The van der Waals surface area contributed by atoms with Crippen LogP contribution in [0.1, 0.15) is 33.1 Å². The third-order valence-electron chi connectivity index (χ3n) is 3.94. The fourth-order valence-electron chi connectivity index (χ4n) is 2.66. The predicted molar refractivity (Wildman–Crippen MR) is 83.8 cm³/mol. The first-order valence-electron chi connectivity index (χ1n) is 7.90. The number of amides is 2. The molecular formula is C17H22N2O3. The lowest BCUT2D eigenvalue weighted by atomic mass is 10.1. The minimum Gasteiger partial charge on any atom is -0.491 e. The van der Waals surface area contributed by atoms with E-state index in [1.165, 1.54) is 0 Å². The molecule has 22 heavy (non-hydrogen) atoms. The Labute approximate surface area is 130 Å². The number of hydrogen-bond donors (Lipinski definition) is 1. The standard InChI is InChI=1S/C17H22N2O3/c1-11(2)22-15-7-5-14(6-8-15)19-10-12(9-16(19)20)17(21)18-13-3-4-13/h5-8,11-13H,3-4,9-10H2,1-2H3,(H,18,21)/t12-/m0/s1. The molecule has 1 aliphatic carbocycles. The summed E-state index contributed by atoms with van der Waals surface area (Å²) in [5.41, 5.74) is 0.822. The minimum absolute atomic E-state index is 0.00785. The van der Waals surface area contributed by atoms with Gasteiger partial charge in [0.15, 0.2) is 0 Å². The summed E-state index contributed by atoms with van der Waals surface area (Å²) in [6.07, 6.45) is 2.54. The molecular weight excluding hydrogens is 280 g/mol. The number of rotatable bonds is 5. The first-order chi connectivity index (χ1) is 10.5. The first kappa shape index (κ1) is 14.9. The summed E-state index contributed by atoms with van der Waals surface area (Å²) in [7, 11) is 0. The average Bonchev–Trinajstić information content (AvgIpc) is 3.19. The topological polar surface area (TPSA) is 58.6 Å². The second-order valence-electron chi connectivity index (χ2n) is 6.35. The summed E-state index contributed by atoms with van der Waals surface area (Å²) >= 11 is 0. The number of ether oxygens (including phenoxy) is 1. The van der Waals surface area contributed by atoms with E-state index in [1.54, 1.807) is 4.90 Å². The zero-order chi connectivity index (χ0) is 15.7. The maximum absolute atomic E-state index is 12.2. The van der Waals surface area contributed by atoms with E-state index in [-0.39, 0.29) is 23.8 Å². The molecule has 5 nitrogen and oxygen atoms in total. The largest absolute Gasteiger partial charge is 0.491 e. The van der Waals surface area contributed by atoms with E-state index in [1.807, 2.05) is 38.1 Å². The fourth-order valence-corrected chi connectivity index (χ4v) is 2.66. The van der Waals surface area contributed by atoms with Gasteiger partial charge in [0, 0.05) is 24.7 Å². The second-order valence-corrected chi connectivity index (χ2v) is 6.35. The van der Waals surface area contributed by atoms with E-state index in [0.29, 0.717) is 19.0 Å². The van der Waals surface area contributed by atoms with E-state index < -0.39 is 0 Å². The first-order valence-corrected chi connectivity index (χ1v) is 7.90. The third-order valence-corrected chi connectivity index (χ3v) is 3.94. The van der Waals surface area contributed by atoms with Crippen molar-refractivity contribution in [2.24, 2.45) is 5.92 Å². The maximum atomic E-state index is 12.2. The van der Waals surface area contributed by atoms with E-state index in [4.69, 9.17) is 4.74 Å². The molecule has 3 rings (SSSR count). The monoisotopic (exact) mass is 302 g/mol. The highest BCUT2D eigenvalue weighted by Gasteiger charge is 2.37. The van der Waals surface area contributed by atoms with Crippen molar-refractivity contribution in [2.45, 2.75) is 45.3 Å². The van der Waals surface area contributed by atoms with Gasteiger partial charge in [-0.3, -0.25) is 9.59 Å². The fraction of sp³-hybridized carbons (Fsp3) is 0.529. The normalized spacial score (nSPS) is 21.3. The van der Waals surface area contributed by atoms with E-state index in [2.05, 4.69) is 5.32 Å². The molecule has 1 aliphatic heterocycles. The lowest BCUT2D eigenvalue weighted by Crippen LogP contribution is -2.34. The number of carbonyl (C=O) groups is 2. The van der Waals surface area contributed by atoms with Crippen LogP contribution in [-0.2, 0) is 9.59 Å². The molecule has 1 aromatic carbocycles. The molecule has 5 heteroatoms. The van der Waals surface area contributed by atoms with Gasteiger partial charge in [-0.1, -0.05) is 0 Å². The van der Waals surface area contributed by atoms with Crippen molar-refractivity contribution >= 4 is 17.5 Å². The number of anilines is 1. The van der Waals surface area contributed by atoms with Crippen LogP contribution in [0.25, 0.3) is 0 Å². The van der Waals surface area contributed by atoms with Crippen molar-refractivity contribution in [2.75, 3.05) is 11.4 Å². The highest BCUT2D eigenvalue weighted by atomic mass is 16.5. The number of nitrogens with one attached hydrogen (secondary N) is 1. The molecule has 0 spiro atoms. The number of carbonyl (C=O) groups excluding carboxylic acids is 2. The van der Waals surface area contributed by atoms with Gasteiger partial charge < -0.3 is 15.0 Å². The molecule has 1 aromatic rings. The van der Waals surface area contributed by atoms with Gasteiger partial charge in [-0.2, -0.15) is 0 Å². The quantitative estimate of drug-likeness (QED) is 0.906. The lowest BCUT2D eigenvalue weighted by molar-refractivity contribution is -0.126. The van der Waals surface area contributed by atoms with Gasteiger partial charge >= 0.3 is 0 Å². The number of nitrogens with zero attached hydrogens (tertiary/aromatic N) is 1. The SMILES string of the molecule is CC(C)Oc1ccc(N2C[C@@H](C(=O)NC3CC3)CC2=O)cc1. The van der Waals surface area contributed by atoms with Crippen LogP contribution in [0.2, 0.25) is 0 Å². The van der Waals surface area contributed by atoms with E-state index in [0.717, 1.165) is 24.3 Å². The molecule has 2 fully saturated rings.